The number of benzene rings is 1. The molecule has 1 N–H and O–H groups in total. The molecule has 1 saturated heterocycles. The maximum absolute atomic E-state index is 9.76. The lowest BCUT2D eigenvalue weighted by Gasteiger charge is -2.32. The lowest BCUT2D eigenvalue weighted by atomic mass is 10.0. The summed E-state index contributed by atoms with van der Waals surface area (Å²) >= 11 is 0. The van der Waals surface area contributed by atoms with Gasteiger partial charge in [-0.2, -0.15) is 5.26 Å². The summed E-state index contributed by atoms with van der Waals surface area (Å²) in [6, 6.07) is 9.53. The van der Waals surface area contributed by atoms with Crippen molar-refractivity contribution in [3.63, 3.8) is 0 Å². The Morgan fingerprint density at radius 2 is 2.05 bits per heavy atom. The molecule has 0 radical (unpaired) electrons. The Morgan fingerprint density at radius 3 is 2.68 bits per heavy atom. The molecule has 2 unspecified atom stereocenters. The molecule has 1 aliphatic heterocycles. The summed E-state index contributed by atoms with van der Waals surface area (Å²) in [5, 5.41) is 18.6. The number of nitrogens with zero attached hydrogens (tertiary/aromatic N) is 2. The van der Waals surface area contributed by atoms with Crippen molar-refractivity contribution in [3.8, 4) is 6.07 Å². The van der Waals surface area contributed by atoms with Crippen LogP contribution in [0.5, 0.6) is 0 Å². The van der Waals surface area contributed by atoms with Crippen LogP contribution in [0, 0.1) is 11.3 Å². The number of anilines is 1. The number of ether oxygens (including phenoxy) is 2. The van der Waals surface area contributed by atoms with E-state index in [2.05, 4.69) is 4.90 Å². The smallest absolute Gasteiger partial charge is 0.170 e. The molecule has 2 atom stereocenters. The molecule has 0 spiro atoms. The minimum absolute atomic E-state index is 0.635. The van der Waals surface area contributed by atoms with E-state index in [1.807, 2.05) is 30.3 Å². The van der Waals surface area contributed by atoms with Crippen LogP contribution in [-0.4, -0.2) is 44.6 Å². The molecule has 0 aliphatic carbocycles. The largest absolute Gasteiger partial charge is 0.378 e. The van der Waals surface area contributed by atoms with Crippen molar-refractivity contribution in [2.75, 3.05) is 38.3 Å². The molecule has 1 aliphatic rings. The fourth-order valence-corrected chi connectivity index (χ4v) is 2.31. The molecular weight excluding hydrogens is 244 g/mol. The van der Waals surface area contributed by atoms with Crippen LogP contribution in [0.4, 0.5) is 5.69 Å². The first-order valence-corrected chi connectivity index (χ1v) is 6.30. The predicted octanol–water partition coefficient (Wildman–Crippen LogP) is 1.10. The van der Waals surface area contributed by atoms with E-state index in [9.17, 15) is 5.11 Å². The van der Waals surface area contributed by atoms with E-state index >= 15 is 0 Å². The molecule has 2 rings (SSSR count). The van der Waals surface area contributed by atoms with Crippen LogP contribution in [0.25, 0.3) is 0 Å². The summed E-state index contributed by atoms with van der Waals surface area (Å²) in [7, 11) is 1.50. The van der Waals surface area contributed by atoms with Crippen LogP contribution in [0.3, 0.4) is 0 Å². The number of methoxy groups -OCH3 is 1. The third-order valence-electron chi connectivity index (χ3n) is 3.27. The van der Waals surface area contributed by atoms with E-state index in [0.29, 0.717) is 13.2 Å². The van der Waals surface area contributed by atoms with Gasteiger partial charge < -0.3 is 19.5 Å². The number of rotatable bonds is 4. The van der Waals surface area contributed by atoms with E-state index in [0.717, 1.165) is 24.3 Å². The third-order valence-corrected chi connectivity index (χ3v) is 3.27. The first-order valence-electron chi connectivity index (χ1n) is 6.30. The number of morpholine rings is 1. The van der Waals surface area contributed by atoms with Crippen molar-refractivity contribution in [1.29, 1.82) is 5.26 Å². The predicted molar refractivity (Wildman–Crippen MR) is 70.8 cm³/mol. The minimum atomic E-state index is -1.17. The number of nitriles is 1. The van der Waals surface area contributed by atoms with Gasteiger partial charge in [0.1, 0.15) is 6.10 Å². The highest BCUT2D eigenvalue weighted by Crippen LogP contribution is 2.30. The van der Waals surface area contributed by atoms with Crippen LogP contribution in [0.2, 0.25) is 0 Å². The van der Waals surface area contributed by atoms with Gasteiger partial charge in [0.2, 0.25) is 0 Å². The Hall–Kier alpha value is -1.61. The lowest BCUT2D eigenvalue weighted by Crippen LogP contribution is -2.37. The molecule has 1 aromatic rings. The summed E-state index contributed by atoms with van der Waals surface area (Å²) in [6.45, 7) is 2.98. The van der Waals surface area contributed by atoms with E-state index in [-0.39, 0.29) is 0 Å². The van der Waals surface area contributed by atoms with Crippen LogP contribution >= 0.6 is 0 Å². The average Bonchev–Trinajstić information content (AvgIpc) is 2.49. The number of aliphatic hydroxyl groups excluding tert-OH is 1. The standard InChI is InChI=1S/C14H18N2O3/c1-18-14(13(17)10-15)11-4-2-3-5-12(11)16-6-8-19-9-7-16/h2-5,13-14,17H,6-9H2,1H3. The van der Waals surface area contributed by atoms with Gasteiger partial charge in [0, 0.05) is 31.5 Å². The van der Waals surface area contributed by atoms with Crippen LogP contribution < -0.4 is 4.90 Å². The van der Waals surface area contributed by atoms with Crippen molar-refractivity contribution in [3.05, 3.63) is 29.8 Å². The second-order valence-electron chi connectivity index (χ2n) is 4.39. The summed E-state index contributed by atoms with van der Waals surface area (Å²) in [4.78, 5) is 2.19. The van der Waals surface area contributed by atoms with Crippen molar-refractivity contribution in [1.82, 2.24) is 0 Å². The van der Waals surface area contributed by atoms with E-state index < -0.39 is 12.2 Å². The van der Waals surface area contributed by atoms with Gasteiger partial charge in [-0.25, -0.2) is 0 Å². The van der Waals surface area contributed by atoms with Gasteiger partial charge in [0.25, 0.3) is 0 Å². The minimum Gasteiger partial charge on any atom is -0.378 e. The molecule has 0 saturated carbocycles. The van der Waals surface area contributed by atoms with E-state index in [1.165, 1.54) is 7.11 Å². The molecule has 1 aromatic carbocycles. The number of para-hydroxylation sites is 1. The average molecular weight is 262 g/mol. The topological polar surface area (TPSA) is 65.7 Å². The van der Waals surface area contributed by atoms with Crippen LogP contribution in [0.15, 0.2) is 24.3 Å². The highest BCUT2D eigenvalue weighted by molar-refractivity contribution is 5.55. The Morgan fingerprint density at radius 1 is 1.37 bits per heavy atom. The fourth-order valence-electron chi connectivity index (χ4n) is 2.31. The van der Waals surface area contributed by atoms with Gasteiger partial charge >= 0.3 is 0 Å². The summed E-state index contributed by atoms with van der Waals surface area (Å²) in [5.41, 5.74) is 1.83. The van der Waals surface area contributed by atoms with Gasteiger partial charge in [0.15, 0.2) is 6.10 Å². The molecule has 5 heteroatoms. The van der Waals surface area contributed by atoms with E-state index in [4.69, 9.17) is 14.7 Å². The van der Waals surface area contributed by atoms with Crippen molar-refractivity contribution in [2.45, 2.75) is 12.2 Å². The second kappa shape index (κ2) is 6.53. The molecule has 0 aromatic heterocycles. The van der Waals surface area contributed by atoms with Crippen LogP contribution in [-0.2, 0) is 9.47 Å². The molecule has 5 nitrogen and oxygen atoms in total. The van der Waals surface area contributed by atoms with Crippen molar-refractivity contribution >= 4 is 5.69 Å². The maximum atomic E-state index is 9.76. The van der Waals surface area contributed by atoms with Crippen molar-refractivity contribution < 1.29 is 14.6 Å². The lowest BCUT2D eigenvalue weighted by molar-refractivity contribution is 0.0146. The molecular formula is C14H18N2O3. The molecule has 19 heavy (non-hydrogen) atoms. The highest BCUT2D eigenvalue weighted by atomic mass is 16.5. The Balaban J connectivity index is 2.31. The third kappa shape index (κ3) is 3.04. The number of hydrogen-bond donors (Lipinski definition) is 1. The summed E-state index contributed by atoms with van der Waals surface area (Å²) in [6.07, 6.45) is -1.81. The first kappa shape index (κ1) is 13.8. The van der Waals surface area contributed by atoms with Crippen LogP contribution in [0.1, 0.15) is 11.7 Å². The van der Waals surface area contributed by atoms with Gasteiger partial charge in [-0.05, 0) is 6.07 Å². The highest BCUT2D eigenvalue weighted by Gasteiger charge is 2.25. The number of aliphatic hydroxyl groups is 1. The Bertz CT molecular complexity index is 452. The molecule has 0 bridgehead atoms. The first-order chi connectivity index (χ1) is 9.27. The Kier molecular flexibility index (Phi) is 4.74. The second-order valence-corrected chi connectivity index (χ2v) is 4.39. The maximum Gasteiger partial charge on any atom is 0.170 e. The molecule has 1 fully saturated rings. The monoisotopic (exact) mass is 262 g/mol. The molecule has 1 heterocycles. The van der Waals surface area contributed by atoms with Gasteiger partial charge in [-0.3, -0.25) is 0 Å². The SMILES string of the molecule is COC(c1ccccc1N1CCOCC1)C(O)C#N. The fraction of sp³-hybridized carbons (Fsp3) is 0.500. The zero-order valence-electron chi connectivity index (χ0n) is 11.0. The Labute approximate surface area is 113 Å². The van der Waals surface area contributed by atoms with Crippen molar-refractivity contribution in [2.24, 2.45) is 0 Å². The normalized spacial score (nSPS) is 18.7. The molecule has 102 valence electrons. The van der Waals surface area contributed by atoms with Gasteiger partial charge in [0.05, 0.1) is 19.3 Å². The zero-order chi connectivity index (χ0) is 13.7. The zero-order valence-corrected chi connectivity index (χ0v) is 11.0. The van der Waals surface area contributed by atoms with Gasteiger partial charge in [-0.15, -0.1) is 0 Å². The molecule has 0 amide bonds. The summed E-state index contributed by atoms with van der Waals surface area (Å²) in [5.74, 6) is 0. The van der Waals surface area contributed by atoms with E-state index in [1.54, 1.807) is 0 Å². The number of hydrogen-bond acceptors (Lipinski definition) is 5. The summed E-state index contributed by atoms with van der Waals surface area (Å²) < 4.78 is 10.6. The quantitative estimate of drug-likeness (QED) is 0.823. The van der Waals surface area contributed by atoms with Gasteiger partial charge in [-0.1, -0.05) is 18.2 Å².